The first-order valence-corrected chi connectivity index (χ1v) is 6.37. The predicted molar refractivity (Wildman–Crippen MR) is 66.0 cm³/mol. The van der Waals surface area contributed by atoms with Crippen molar-refractivity contribution in [3.8, 4) is 0 Å². The van der Waals surface area contributed by atoms with E-state index in [9.17, 15) is 0 Å². The summed E-state index contributed by atoms with van der Waals surface area (Å²) in [6.07, 6.45) is 10.8. The van der Waals surface area contributed by atoms with Crippen LogP contribution in [0.5, 0.6) is 0 Å². The van der Waals surface area contributed by atoms with Gasteiger partial charge in [-0.15, -0.1) is 0 Å². The number of nitrogens with zero attached hydrogens (tertiary/aromatic N) is 2. The number of hydrogen-bond acceptors (Lipinski definition) is 2. The highest BCUT2D eigenvalue weighted by molar-refractivity contribution is 5.09. The normalized spacial score (nSPS) is 18.9. The first-order valence-electron chi connectivity index (χ1n) is 6.37. The van der Waals surface area contributed by atoms with Crippen molar-refractivity contribution in [2.45, 2.75) is 58.0 Å². The van der Waals surface area contributed by atoms with Crippen LogP contribution in [0, 0.1) is 5.92 Å². The van der Waals surface area contributed by atoms with Gasteiger partial charge in [-0.25, -0.2) is 4.98 Å². The van der Waals surface area contributed by atoms with Crippen LogP contribution in [0.2, 0.25) is 0 Å². The molecule has 2 rings (SSSR count). The Morgan fingerprint density at radius 2 is 2.06 bits per heavy atom. The molecule has 1 aliphatic carbocycles. The number of nitrogens with two attached hydrogens (primary N) is 1. The Morgan fingerprint density at radius 1 is 1.38 bits per heavy atom. The molecule has 0 unspecified atom stereocenters. The van der Waals surface area contributed by atoms with Crippen molar-refractivity contribution in [3.05, 3.63) is 18.2 Å². The van der Waals surface area contributed by atoms with Crippen LogP contribution >= 0.6 is 0 Å². The van der Waals surface area contributed by atoms with E-state index < -0.39 is 0 Å². The van der Waals surface area contributed by atoms with Crippen molar-refractivity contribution in [2.24, 2.45) is 11.7 Å². The summed E-state index contributed by atoms with van der Waals surface area (Å²) in [5, 5.41) is 0. The van der Waals surface area contributed by atoms with Gasteiger partial charge in [0.15, 0.2) is 0 Å². The summed E-state index contributed by atoms with van der Waals surface area (Å²) in [6, 6.07) is 0. The van der Waals surface area contributed by atoms with Gasteiger partial charge in [0, 0.05) is 12.7 Å². The molecule has 3 heteroatoms. The van der Waals surface area contributed by atoms with Gasteiger partial charge in [-0.05, 0) is 32.6 Å². The maximum absolute atomic E-state index is 6.15. The molecular formula is C13H23N3. The molecule has 0 radical (unpaired) electrons. The Labute approximate surface area is 98.1 Å². The van der Waals surface area contributed by atoms with Gasteiger partial charge in [-0.1, -0.05) is 19.3 Å². The van der Waals surface area contributed by atoms with E-state index in [0.717, 1.165) is 18.2 Å². The Balaban J connectivity index is 2.06. The maximum Gasteiger partial charge on any atom is 0.0948 e. The minimum Gasteiger partial charge on any atom is -0.333 e. The number of aromatic nitrogens is 2. The lowest BCUT2D eigenvalue weighted by Crippen LogP contribution is -2.32. The second-order valence-electron chi connectivity index (χ2n) is 5.66. The van der Waals surface area contributed by atoms with Crippen molar-refractivity contribution >= 4 is 0 Å². The number of imidazole rings is 1. The highest BCUT2D eigenvalue weighted by Crippen LogP contribution is 2.26. The van der Waals surface area contributed by atoms with Gasteiger partial charge in [0.25, 0.3) is 0 Å². The number of rotatable bonds is 3. The molecule has 1 fully saturated rings. The zero-order valence-electron chi connectivity index (χ0n) is 10.4. The average Bonchev–Trinajstić information content (AvgIpc) is 2.67. The molecule has 0 spiro atoms. The minimum absolute atomic E-state index is 0.287. The molecule has 0 bridgehead atoms. The molecule has 90 valence electrons. The van der Waals surface area contributed by atoms with E-state index in [1.807, 2.05) is 26.4 Å². The summed E-state index contributed by atoms with van der Waals surface area (Å²) >= 11 is 0. The average molecular weight is 221 g/mol. The van der Waals surface area contributed by atoms with E-state index >= 15 is 0 Å². The molecule has 0 aromatic carbocycles. The Morgan fingerprint density at radius 3 is 2.69 bits per heavy atom. The first-order chi connectivity index (χ1) is 7.57. The molecule has 2 N–H and O–H groups in total. The quantitative estimate of drug-likeness (QED) is 0.852. The zero-order chi connectivity index (χ0) is 11.6. The second-order valence-corrected chi connectivity index (χ2v) is 5.66. The van der Waals surface area contributed by atoms with Gasteiger partial charge in [0.1, 0.15) is 0 Å². The Kier molecular flexibility index (Phi) is 3.33. The molecule has 0 amide bonds. The molecule has 16 heavy (non-hydrogen) atoms. The Hall–Kier alpha value is -0.830. The summed E-state index contributed by atoms with van der Waals surface area (Å²) in [7, 11) is 0. The number of hydrogen-bond donors (Lipinski definition) is 1. The van der Waals surface area contributed by atoms with E-state index in [4.69, 9.17) is 5.73 Å². The third-order valence-corrected chi connectivity index (χ3v) is 3.55. The van der Waals surface area contributed by atoms with Crippen molar-refractivity contribution in [3.63, 3.8) is 0 Å². The Bertz CT molecular complexity index is 329. The molecule has 1 aromatic rings. The predicted octanol–water partition coefficient (Wildman–Crippen LogP) is 2.66. The third kappa shape index (κ3) is 2.64. The summed E-state index contributed by atoms with van der Waals surface area (Å²) in [5.74, 6) is 0.823. The SMILES string of the molecule is CC(C)(N)c1cncn1CC1CCCCC1. The van der Waals surface area contributed by atoms with Crippen LogP contribution in [0.1, 0.15) is 51.6 Å². The van der Waals surface area contributed by atoms with Crippen LogP contribution in [0.15, 0.2) is 12.5 Å². The second kappa shape index (κ2) is 4.58. The van der Waals surface area contributed by atoms with Gasteiger partial charge in [-0.2, -0.15) is 0 Å². The molecular weight excluding hydrogens is 198 g/mol. The van der Waals surface area contributed by atoms with E-state index in [1.165, 1.54) is 32.1 Å². The van der Waals surface area contributed by atoms with Crippen molar-refractivity contribution in [2.75, 3.05) is 0 Å². The minimum atomic E-state index is -0.287. The fourth-order valence-electron chi connectivity index (χ4n) is 2.65. The van der Waals surface area contributed by atoms with Gasteiger partial charge in [0.2, 0.25) is 0 Å². The molecule has 1 aromatic heterocycles. The molecule has 1 heterocycles. The molecule has 1 aliphatic rings. The van der Waals surface area contributed by atoms with E-state index in [-0.39, 0.29) is 5.54 Å². The van der Waals surface area contributed by atoms with E-state index in [1.54, 1.807) is 0 Å². The molecule has 0 atom stereocenters. The molecule has 0 saturated heterocycles. The first kappa shape index (κ1) is 11.6. The van der Waals surface area contributed by atoms with Crippen LogP contribution in [0.4, 0.5) is 0 Å². The lowest BCUT2D eigenvalue weighted by atomic mass is 9.89. The standard InChI is InChI=1S/C13H23N3/c1-13(2,14)12-8-15-10-16(12)9-11-6-4-3-5-7-11/h8,10-11H,3-7,9,14H2,1-2H3. The van der Waals surface area contributed by atoms with Gasteiger partial charge < -0.3 is 10.3 Å². The lowest BCUT2D eigenvalue weighted by Gasteiger charge is -2.26. The van der Waals surface area contributed by atoms with Crippen molar-refractivity contribution in [1.29, 1.82) is 0 Å². The zero-order valence-corrected chi connectivity index (χ0v) is 10.4. The fraction of sp³-hybridized carbons (Fsp3) is 0.769. The van der Waals surface area contributed by atoms with Crippen LogP contribution < -0.4 is 5.73 Å². The van der Waals surface area contributed by atoms with Crippen molar-refractivity contribution in [1.82, 2.24) is 9.55 Å². The molecule has 3 nitrogen and oxygen atoms in total. The van der Waals surface area contributed by atoms with Crippen LogP contribution in [-0.2, 0) is 12.1 Å². The maximum atomic E-state index is 6.15. The summed E-state index contributed by atoms with van der Waals surface area (Å²) in [6.45, 7) is 5.18. The van der Waals surface area contributed by atoms with Crippen LogP contribution in [0.25, 0.3) is 0 Å². The smallest absolute Gasteiger partial charge is 0.0948 e. The highest BCUT2D eigenvalue weighted by atomic mass is 15.1. The fourth-order valence-corrected chi connectivity index (χ4v) is 2.65. The molecule has 1 saturated carbocycles. The summed E-state index contributed by atoms with van der Waals surface area (Å²) in [5.41, 5.74) is 7.01. The van der Waals surface area contributed by atoms with E-state index in [0.29, 0.717) is 0 Å². The topological polar surface area (TPSA) is 43.8 Å². The monoisotopic (exact) mass is 221 g/mol. The van der Waals surface area contributed by atoms with Gasteiger partial charge >= 0.3 is 0 Å². The van der Waals surface area contributed by atoms with Crippen LogP contribution in [0.3, 0.4) is 0 Å². The van der Waals surface area contributed by atoms with Gasteiger partial charge in [-0.3, -0.25) is 0 Å². The largest absolute Gasteiger partial charge is 0.333 e. The summed E-state index contributed by atoms with van der Waals surface area (Å²) in [4.78, 5) is 4.24. The summed E-state index contributed by atoms with van der Waals surface area (Å²) < 4.78 is 2.25. The van der Waals surface area contributed by atoms with Crippen LogP contribution in [-0.4, -0.2) is 9.55 Å². The highest BCUT2D eigenvalue weighted by Gasteiger charge is 2.21. The van der Waals surface area contributed by atoms with Gasteiger partial charge in [0.05, 0.1) is 17.6 Å². The molecule has 0 aliphatic heterocycles. The van der Waals surface area contributed by atoms with E-state index in [2.05, 4.69) is 9.55 Å². The van der Waals surface area contributed by atoms with Crippen molar-refractivity contribution < 1.29 is 0 Å². The third-order valence-electron chi connectivity index (χ3n) is 3.55. The lowest BCUT2D eigenvalue weighted by molar-refractivity contribution is 0.310.